The molecule has 2 rings (SSSR count). The third-order valence-electron chi connectivity index (χ3n) is 2.58. The van der Waals surface area contributed by atoms with Gasteiger partial charge in [0.05, 0.1) is 18.6 Å². The molecule has 2 aliphatic rings. The van der Waals surface area contributed by atoms with Crippen LogP contribution < -0.4 is 0 Å². The van der Waals surface area contributed by atoms with Gasteiger partial charge in [-0.1, -0.05) is 13.8 Å². The highest BCUT2D eigenvalue weighted by Gasteiger charge is 2.55. The van der Waals surface area contributed by atoms with Gasteiger partial charge < -0.3 is 9.47 Å². The van der Waals surface area contributed by atoms with Crippen LogP contribution in [0.25, 0.3) is 0 Å². The van der Waals surface area contributed by atoms with Crippen molar-refractivity contribution >= 4 is 11.6 Å². The smallest absolute Gasteiger partial charge is 0.169 e. The fraction of sp³-hybridized carbons (Fsp3) is 1.00. The number of rotatable bonds is 1. The highest BCUT2D eigenvalue weighted by Crippen LogP contribution is 2.53. The summed E-state index contributed by atoms with van der Waals surface area (Å²) in [7, 11) is 0. The third kappa shape index (κ3) is 1.36. The van der Waals surface area contributed by atoms with Gasteiger partial charge in [0, 0.05) is 12.8 Å². The zero-order chi connectivity index (χ0) is 8.82. The van der Waals surface area contributed by atoms with Crippen LogP contribution in [0.2, 0.25) is 0 Å². The second kappa shape index (κ2) is 2.60. The van der Waals surface area contributed by atoms with E-state index in [0.29, 0.717) is 17.9 Å². The normalized spacial score (nSPS) is 36.8. The zero-order valence-corrected chi connectivity index (χ0v) is 8.36. The first-order valence-corrected chi connectivity index (χ1v) is 4.97. The lowest BCUT2D eigenvalue weighted by atomic mass is 9.67. The van der Waals surface area contributed by atoms with Crippen LogP contribution in [0.15, 0.2) is 0 Å². The summed E-state index contributed by atoms with van der Waals surface area (Å²) in [6.07, 6.45) is 2.13. The summed E-state index contributed by atoms with van der Waals surface area (Å²) in [6.45, 7) is 5.14. The van der Waals surface area contributed by atoms with Crippen molar-refractivity contribution in [2.75, 3.05) is 12.5 Å². The maximum absolute atomic E-state index is 5.72. The molecule has 70 valence electrons. The van der Waals surface area contributed by atoms with Crippen molar-refractivity contribution in [2.45, 2.75) is 38.6 Å². The molecular weight excluding hydrogens is 176 g/mol. The maximum Gasteiger partial charge on any atom is 0.169 e. The van der Waals surface area contributed by atoms with E-state index in [9.17, 15) is 0 Å². The molecular formula is C9H15ClO2. The molecule has 1 atom stereocenters. The SMILES string of the molecule is CC1(C)CC2(C1)OCC(CCl)O2. The highest BCUT2D eigenvalue weighted by atomic mass is 35.5. The zero-order valence-electron chi connectivity index (χ0n) is 7.60. The monoisotopic (exact) mass is 190 g/mol. The molecule has 2 fully saturated rings. The fourth-order valence-electron chi connectivity index (χ4n) is 2.28. The first-order chi connectivity index (χ1) is 5.55. The average Bonchev–Trinajstić information content (AvgIpc) is 2.29. The topological polar surface area (TPSA) is 18.5 Å². The molecule has 2 nitrogen and oxygen atoms in total. The van der Waals surface area contributed by atoms with Gasteiger partial charge >= 0.3 is 0 Å². The largest absolute Gasteiger partial charge is 0.347 e. The minimum absolute atomic E-state index is 0.114. The second-order valence-electron chi connectivity index (χ2n) is 4.63. The molecule has 0 N–H and O–H groups in total. The van der Waals surface area contributed by atoms with Gasteiger partial charge in [-0.15, -0.1) is 11.6 Å². The predicted molar refractivity (Wildman–Crippen MR) is 47.3 cm³/mol. The molecule has 0 bridgehead atoms. The molecule has 1 saturated heterocycles. The third-order valence-corrected chi connectivity index (χ3v) is 2.93. The van der Waals surface area contributed by atoms with Crippen LogP contribution in [0, 0.1) is 5.41 Å². The molecule has 0 radical (unpaired) electrons. The minimum atomic E-state index is -0.261. The van der Waals surface area contributed by atoms with Gasteiger partial charge in [0.15, 0.2) is 5.79 Å². The van der Waals surface area contributed by atoms with E-state index in [1.165, 1.54) is 0 Å². The highest BCUT2D eigenvalue weighted by molar-refractivity contribution is 6.18. The molecule has 1 aliphatic heterocycles. The van der Waals surface area contributed by atoms with Crippen molar-refractivity contribution in [1.82, 2.24) is 0 Å². The summed E-state index contributed by atoms with van der Waals surface area (Å²) < 4.78 is 11.3. The fourth-order valence-corrected chi connectivity index (χ4v) is 2.44. The molecule has 12 heavy (non-hydrogen) atoms. The summed E-state index contributed by atoms with van der Waals surface area (Å²) in [4.78, 5) is 0. The van der Waals surface area contributed by atoms with E-state index in [0.717, 1.165) is 12.8 Å². The van der Waals surface area contributed by atoms with Gasteiger partial charge in [-0.2, -0.15) is 0 Å². The first kappa shape index (κ1) is 8.79. The van der Waals surface area contributed by atoms with Crippen LogP contribution in [0.1, 0.15) is 26.7 Å². The van der Waals surface area contributed by atoms with E-state index in [4.69, 9.17) is 21.1 Å². The Morgan fingerprint density at radius 3 is 2.50 bits per heavy atom. The van der Waals surface area contributed by atoms with Gasteiger partial charge in [0.1, 0.15) is 0 Å². The summed E-state index contributed by atoms with van der Waals surface area (Å²) in [5.74, 6) is 0.283. The Bertz CT molecular complexity index is 183. The number of ether oxygens (including phenoxy) is 2. The Hall–Kier alpha value is 0.210. The number of hydrogen-bond donors (Lipinski definition) is 0. The van der Waals surface area contributed by atoms with Gasteiger partial charge in [-0.25, -0.2) is 0 Å². The number of hydrogen-bond acceptors (Lipinski definition) is 2. The number of halogens is 1. The van der Waals surface area contributed by atoms with E-state index < -0.39 is 0 Å². The van der Waals surface area contributed by atoms with Crippen LogP contribution in [0.3, 0.4) is 0 Å². The van der Waals surface area contributed by atoms with E-state index in [-0.39, 0.29) is 11.9 Å². The van der Waals surface area contributed by atoms with Gasteiger partial charge in [-0.3, -0.25) is 0 Å². The molecule has 3 heteroatoms. The lowest BCUT2D eigenvalue weighted by Gasteiger charge is -2.49. The summed E-state index contributed by atoms with van der Waals surface area (Å²) in [5, 5.41) is 0. The Morgan fingerprint density at radius 1 is 1.42 bits per heavy atom. The molecule has 0 aromatic carbocycles. The van der Waals surface area contributed by atoms with Crippen LogP contribution in [-0.4, -0.2) is 24.4 Å². The molecule has 1 saturated carbocycles. The maximum atomic E-state index is 5.72. The summed E-state index contributed by atoms with van der Waals surface area (Å²) in [6, 6.07) is 0. The van der Waals surface area contributed by atoms with Gasteiger partial charge in [-0.05, 0) is 5.41 Å². The van der Waals surface area contributed by atoms with Crippen molar-refractivity contribution in [1.29, 1.82) is 0 Å². The molecule has 0 aromatic rings. The minimum Gasteiger partial charge on any atom is -0.347 e. The van der Waals surface area contributed by atoms with E-state index in [1.54, 1.807) is 0 Å². The van der Waals surface area contributed by atoms with E-state index in [2.05, 4.69) is 13.8 Å². The van der Waals surface area contributed by atoms with Crippen LogP contribution in [-0.2, 0) is 9.47 Å². The van der Waals surface area contributed by atoms with Gasteiger partial charge in [0.25, 0.3) is 0 Å². The second-order valence-corrected chi connectivity index (χ2v) is 4.94. The molecule has 0 amide bonds. The van der Waals surface area contributed by atoms with Crippen LogP contribution in [0.4, 0.5) is 0 Å². The Labute approximate surface area is 78.2 Å². The van der Waals surface area contributed by atoms with Crippen molar-refractivity contribution < 1.29 is 9.47 Å². The van der Waals surface area contributed by atoms with Crippen molar-refractivity contribution in [3.63, 3.8) is 0 Å². The van der Waals surface area contributed by atoms with E-state index >= 15 is 0 Å². The predicted octanol–water partition coefficient (Wildman–Crippen LogP) is 2.16. The molecule has 1 spiro atoms. The lowest BCUT2D eigenvalue weighted by molar-refractivity contribution is -0.259. The Balaban J connectivity index is 1.92. The van der Waals surface area contributed by atoms with Crippen molar-refractivity contribution in [3.8, 4) is 0 Å². The van der Waals surface area contributed by atoms with E-state index in [1.807, 2.05) is 0 Å². The quantitative estimate of drug-likeness (QED) is 0.590. The Kier molecular flexibility index (Phi) is 1.90. The average molecular weight is 191 g/mol. The summed E-state index contributed by atoms with van der Waals surface area (Å²) in [5.41, 5.74) is 0.390. The Morgan fingerprint density at radius 2 is 2.08 bits per heavy atom. The van der Waals surface area contributed by atoms with Crippen LogP contribution in [0.5, 0.6) is 0 Å². The summed E-state index contributed by atoms with van der Waals surface area (Å²) >= 11 is 5.68. The molecule has 1 aliphatic carbocycles. The van der Waals surface area contributed by atoms with Crippen molar-refractivity contribution in [3.05, 3.63) is 0 Å². The van der Waals surface area contributed by atoms with Gasteiger partial charge in [0.2, 0.25) is 0 Å². The molecule has 1 heterocycles. The standard InChI is InChI=1S/C9H15ClO2/c1-8(2)5-9(6-8)11-4-7(3-10)12-9/h7H,3-6H2,1-2H3. The molecule has 1 unspecified atom stereocenters. The van der Waals surface area contributed by atoms with Crippen molar-refractivity contribution in [2.24, 2.45) is 5.41 Å². The first-order valence-electron chi connectivity index (χ1n) is 4.43. The molecule has 0 aromatic heterocycles. The number of alkyl halides is 1. The van der Waals surface area contributed by atoms with Crippen LogP contribution >= 0.6 is 11.6 Å². The lowest BCUT2D eigenvalue weighted by Crippen LogP contribution is -2.50.